The minimum atomic E-state index is -0.316. The predicted molar refractivity (Wildman–Crippen MR) is 134 cm³/mol. The molecule has 6 nitrogen and oxygen atoms in total. The van der Waals surface area contributed by atoms with Crippen LogP contribution >= 0.6 is 11.3 Å². The second-order valence-electron chi connectivity index (χ2n) is 8.27. The van der Waals surface area contributed by atoms with Gasteiger partial charge < -0.3 is 9.47 Å². The fourth-order valence-corrected chi connectivity index (χ4v) is 5.28. The van der Waals surface area contributed by atoms with Crippen molar-refractivity contribution in [2.24, 2.45) is 0 Å². The number of hydrogen-bond acceptors (Lipinski definition) is 6. The Balaban J connectivity index is 1.48. The van der Waals surface area contributed by atoms with Gasteiger partial charge in [-0.1, -0.05) is 35.6 Å². The van der Waals surface area contributed by atoms with E-state index in [-0.39, 0.29) is 11.7 Å². The Morgan fingerprint density at radius 3 is 2.68 bits per heavy atom. The van der Waals surface area contributed by atoms with E-state index in [9.17, 15) is 9.18 Å². The maximum absolute atomic E-state index is 13.9. The van der Waals surface area contributed by atoms with E-state index in [4.69, 9.17) is 9.47 Å². The summed E-state index contributed by atoms with van der Waals surface area (Å²) in [5.74, 6) is 0.0298. The van der Waals surface area contributed by atoms with E-state index in [1.54, 1.807) is 18.1 Å². The van der Waals surface area contributed by atoms with Gasteiger partial charge in [-0.2, -0.15) is 0 Å². The van der Waals surface area contributed by atoms with Crippen LogP contribution in [-0.2, 0) is 4.74 Å². The number of rotatable bonds is 7. The van der Waals surface area contributed by atoms with E-state index in [2.05, 4.69) is 9.88 Å². The molecule has 5 rings (SSSR count). The number of morpholine rings is 1. The fourth-order valence-electron chi connectivity index (χ4n) is 4.26. The highest BCUT2D eigenvalue weighted by atomic mass is 32.1. The van der Waals surface area contributed by atoms with Gasteiger partial charge in [0.2, 0.25) is 0 Å². The third-order valence-electron chi connectivity index (χ3n) is 6.07. The van der Waals surface area contributed by atoms with E-state index in [0.29, 0.717) is 33.2 Å². The molecule has 0 radical (unpaired) electrons. The van der Waals surface area contributed by atoms with Crippen LogP contribution in [0.4, 0.5) is 9.52 Å². The second-order valence-corrected chi connectivity index (χ2v) is 9.28. The molecule has 0 unspecified atom stereocenters. The molecule has 2 heterocycles. The first-order valence-electron chi connectivity index (χ1n) is 11.4. The van der Waals surface area contributed by atoms with Gasteiger partial charge in [0.05, 0.1) is 36.1 Å². The summed E-state index contributed by atoms with van der Waals surface area (Å²) in [4.78, 5) is 22.6. The van der Waals surface area contributed by atoms with Crippen molar-refractivity contribution in [1.29, 1.82) is 0 Å². The molecule has 1 amide bonds. The molecule has 0 atom stereocenters. The Labute approximate surface area is 201 Å². The lowest BCUT2D eigenvalue weighted by molar-refractivity contribution is 0.0376. The third-order valence-corrected chi connectivity index (χ3v) is 7.11. The van der Waals surface area contributed by atoms with E-state index in [0.717, 1.165) is 50.0 Å². The number of fused-ring (bicyclic) bond motifs is 2. The first kappa shape index (κ1) is 22.7. The van der Waals surface area contributed by atoms with Crippen LogP contribution in [0.3, 0.4) is 0 Å². The van der Waals surface area contributed by atoms with E-state index in [1.807, 2.05) is 36.4 Å². The first-order chi connectivity index (χ1) is 16.6. The summed E-state index contributed by atoms with van der Waals surface area (Å²) >= 11 is 1.33. The summed E-state index contributed by atoms with van der Waals surface area (Å²) in [5.41, 5.74) is 1.16. The number of benzene rings is 3. The molecule has 1 aliphatic heterocycles. The van der Waals surface area contributed by atoms with Crippen molar-refractivity contribution in [3.63, 3.8) is 0 Å². The standard InChI is InChI=1S/C26H26FN3O3S/c1-32-23-16-19-6-3-2-5-18(19)15-21(23)25(31)30(10-4-9-29-11-13-33-14-12-29)26-28-22-8-7-20(27)17-24(22)34-26/h2-3,5-8,15-17H,4,9-14H2,1H3. The van der Waals surface area contributed by atoms with Crippen LogP contribution in [0, 0.1) is 5.82 Å². The molecule has 0 N–H and O–H groups in total. The van der Waals surface area contributed by atoms with E-state index in [1.165, 1.54) is 23.5 Å². The monoisotopic (exact) mass is 479 g/mol. The quantitative estimate of drug-likeness (QED) is 0.375. The zero-order valence-corrected chi connectivity index (χ0v) is 19.8. The predicted octanol–water partition coefficient (Wildman–Crippen LogP) is 4.97. The molecule has 176 valence electrons. The molecule has 8 heteroatoms. The zero-order chi connectivity index (χ0) is 23.5. The summed E-state index contributed by atoms with van der Waals surface area (Å²) in [6, 6.07) is 16.2. The molecule has 1 aliphatic rings. The minimum absolute atomic E-state index is 0.177. The van der Waals surface area contributed by atoms with Gasteiger partial charge >= 0.3 is 0 Å². The summed E-state index contributed by atoms with van der Waals surface area (Å²) in [7, 11) is 1.57. The second kappa shape index (κ2) is 10.0. The normalized spacial score (nSPS) is 14.5. The highest BCUT2D eigenvalue weighted by Gasteiger charge is 2.25. The third kappa shape index (κ3) is 4.75. The molecule has 1 saturated heterocycles. The summed E-state index contributed by atoms with van der Waals surface area (Å²) < 4.78 is 25.5. The number of anilines is 1. The van der Waals surface area contributed by atoms with Crippen LogP contribution in [0.2, 0.25) is 0 Å². The van der Waals surface area contributed by atoms with Gasteiger partial charge in [0, 0.05) is 26.2 Å². The number of nitrogens with zero attached hydrogens (tertiary/aromatic N) is 3. The van der Waals surface area contributed by atoms with Crippen molar-refractivity contribution in [3.05, 3.63) is 66.0 Å². The zero-order valence-electron chi connectivity index (χ0n) is 19.0. The van der Waals surface area contributed by atoms with E-state index >= 15 is 0 Å². The summed E-state index contributed by atoms with van der Waals surface area (Å²) in [6.07, 6.45) is 0.784. The van der Waals surface area contributed by atoms with Gasteiger partial charge in [-0.05, 0) is 47.5 Å². The van der Waals surface area contributed by atoms with Gasteiger partial charge in [0.25, 0.3) is 5.91 Å². The van der Waals surface area contributed by atoms with E-state index < -0.39 is 0 Å². The highest BCUT2D eigenvalue weighted by molar-refractivity contribution is 7.22. The van der Waals surface area contributed by atoms with Gasteiger partial charge in [-0.3, -0.25) is 14.6 Å². The Hall–Kier alpha value is -3.07. The highest BCUT2D eigenvalue weighted by Crippen LogP contribution is 2.33. The van der Waals surface area contributed by atoms with Gasteiger partial charge in [-0.15, -0.1) is 0 Å². The average Bonchev–Trinajstić information content (AvgIpc) is 3.28. The molecule has 34 heavy (non-hydrogen) atoms. The van der Waals surface area contributed by atoms with Crippen molar-refractivity contribution in [2.45, 2.75) is 6.42 Å². The van der Waals surface area contributed by atoms with Crippen LogP contribution in [0.1, 0.15) is 16.8 Å². The molecule has 0 spiro atoms. The Kier molecular flexibility index (Phi) is 6.71. The number of carbonyl (C=O) groups is 1. The molecular weight excluding hydrogens is 453 g/mol. The lowest BCUT2D eigenvalue weighted by atomic mass is 10.0. The molecular formula is C26H26FN3O3S. The van der Waals surface area contributed by atoms with Crippen molar-refractivity contribution in [3.8, 4) is 5.75 Å². The molecule has 0 bridgehead atoms. The largest absolute Gasteiger partial charge is 0.496 e. The number of ether oxygens (including phenoxy) is 2. The van der Waals surface area contributed by atoms with Crippen molar-refractivity contribution < 1.29 is 18.7 Å². The Morgan fingerprint density at radius 2 is 1.91 bits per heavy atom. The van der Waals surface area contributed by atoms with Crippen molar-refractivity contribution >= 4 is 43.4 Å². The number of carbonyl (C=O) groups excluding carboxylic acids is 1. The molecule has 0 aliphatic carbocycles. The molecule has 3 aromatic carbocycles. The van der Waals surface area contributed by atoms with Crippen molar-refractivity contribution in [2.75, 3.05) is 51.4 Å². The van der Waals surface area contributed by atoms with Crippen LogP contribution in [-0.4, -0.2) is 62.3 Å². The maximum Gasteiger partial charge on any atom is 0.263 e. The molecule has 4 aromatic rings. The minimum Gasteiger partial charge on any atom is -0.496 e. The summed E-state index contributed by atoms with van der Waals surface area (Å²) in [6.45, 7) is 4.62. The van der Waals surface area contributed by atoms with Crippen molar-refractivity contribution in [1.82, 2.24) is 9.88 Å². The van der Waals surface area contributed by atoms with Crippen LogP contribution in [0.5, 0.6) is 5.75 Å². The number of methoxy groups -OCH3 is 1. The number of aromatic nitrogens is 1. The Bertz CT molecular complexity index is 1320. The SMILES string of the molecule is COc1cc2ccccc2cc1C(=O)N(CCCN1CCOCC1)c1nc2ccc(F)cc2s1. The number of hydrogen-bond donors (Lipinski definition) is 0. The summed E-state index contributed by atoms with van der Waals surface area (Å²) in [5, 5.41) is 2.53. The molecule has 1 fully saturated rings. The number of amides is 1. The average molecular weight is 480 g/mol. The van der Waals surface area contributed by atoms with Crippen LogP contribution < -0.4 is 9.64 Å². The van der Waals surface area contributed by atoms with Crippen LogP contribution in [0.25, 0.3) is 21.0 Å². The smallest absolute Gasteiger partial charge is 0.263 e. The van der Waals surface area contributed by atoms with Gasteiger partial charge in [-0.25, -0.2) is 9.37 Å². The van der Waals surface area contributed by atoms with Gasteiger partial charge in [0.1, 0.15) is 11.6 Å². The van der Waals surface area contributed by atoms with Gasteiger partial charge in [0.15, 0.2) is 5.13 Å². The van der Waals surface area contributed by atoms with Crippen LogP contribution in [0.15, 0.2) is 54.6 Å². The lowest BCUT2D eigenvalue weighted by Crippen LogP contribution is -2.39. The lowest BCUT2D eigenvalue weighted by Gasteiger charge is -2.28. The fraction of sp³-hybridized carbons (Fsp3) is 0.308. The maximum atomic E-state index is 13.9. The molecule has 0 saturated carbocycles. The Morgan fingerprint density at radius 1 is 1.15 bits per heavy atom. The number of thiazole rings is 1. The number of halogens is 1. The topological polar surface area (TPSA) is 54.9 Å². The first-order valence-corrected chi connectivity index (χ1v) is 12.2. The molecule has 1 aromatic heterocycles.